The smallest absolute Gasteiger partial charge is 0.243 e. The molecule has 2 rings (SSSR count). The van der Waals surface area contributed by atoms with Crippen LogP contribution >= 0.6 is 23.1 Å². The number of nitrogens with two attached hydrogens (primary N) is 1. The minimum Gasteiger partial charge on any atom is -0.320 e. The number of carbonyl (C=O) groups is 1. The number of nitrogens with one attached hydrogen (secondary N) is 1. The second-order valence-corrected chi connectivity index (χ2v) is 6.54. The van der Waals surface area contributed by atoms with Gasteiger partial charge in [-0.15, -0.1) is 11.3 Å². The molecular weight excluding hydrogens is 266 g/mol. The molecule has 1 aliphatic carbocycles. The minimum atomic E-state index is -0.432. The third kappa shape index (κ3) is 3.46. The van der Waals surface area contributed by atoms with Crippen LogP contribution in [0.3, 0.4) is 0 Å². The van der Waals surface area contributed by atoms with Gasteiger partial charge in [0.25, 0.3) is 0 Å². The molecule has 0 aromatic carbocycles. The fourth-order valence-electron chi connectivity index (χ4n) is 1.98. The number of aryl methyl sites for hydroxylation is 2. The Morgan fingerprint density at radius 2 is 2.33 bits per heavy atom. The Labute approximate surface area is 116 Å². The molecule has 100 valence electrons. The molecule has 3 N–H and O–H groups in total. The van der Waals surface area contributed by atoms with Gasteiger partial charge in [-0.2, -0.15) is 11.8 Å². The van der Waals surface area contributed by atoms with Gasteiger partial charge >= 0.3 is 0 Å². The van der Waals surface area contributed by atoms with Crippen LogP contribution < -0.4 is 11.1 Å². The summed E-state index contributed by atoms with van der Waals surface area (Å²) < 4.78 is 0. The summed E-state index contributed by atoms with van der Waals surface area (Å²) in [6, 6.07) is -0.432. The fraction of sp³-hybridized carbons (Fsp3) is 0.667. The second kappa shape index (κ2) is 6.54. The lowest BCUT2D eigenvalue weighted by Crippen LogP contribution is -2.36. The van der Waals surface area contributed by atoms with Gasteiger partial charge in [0.15, 0.2) is 5.13 Å². The van der Waals surface area contributed by atoms with Crippen LogP contribution in [0.25, 0.3) is 0 Å². The first-order valence-electron chi connectivity index (χ1n) is 6.24. The van der Waals surface area contributed by atoms with E-state index in [9.17, 15) is 4.79 Å². The largest absolute Gasteiger partial charge is 0.320 e. The zero-order chi connectivity index (χ0) is 13.0. The molecule has 18 heavy (non-hydrogen) atoms. The number of rotatable bonds is 5. The maximum Gasteiger partial charge on any atom is 0.243 e. The van der Waals surface area contributed by atoms with Crippen molar-refractivity contribution in [3.63, 3.8) is 0 Å². The van der Waals surface area contributed by atoms with E-state index in [4.69, 9.17) is 5.73 Å². The first kappa shape index (κ1) is 13.8. The molecule has 1 heterocycles. The Morgan fingerprint density at radius 3 is 3.06 bits per heavy atom. The highest BCUT2D eigenvalue weighted by molar-refractivity contribution is 7.98. The van der Waals surface area contributed by atoms with E-state index in [0.29, 0.717) is 11.6 Å². The summed E-state index contributed by atoms with van der Waals surface area (Å²) in [5.41, 5.74) is 6.99. The quantitative estimate of drug-likeness (QED) is 0.869. The Morgan fingerprint density at radius 1 is 1.56 bits per heavy atom. The summed E-state index contributed by atoms with van der Waals surface area (Å²) in [5, 5.41) is 3.56. The zero-order valence-corrected chi connectivity index (χ0v) is 12.2. The Balaban J connectivity index is 1.92. The van der Waals surface area contributed by atoms with Gasteiger partial charge in [0, 0.05) is 4.88 Å². The first-order valence-corrected chi connectivity index (χ1v) is 8.45. The average molecular weight is 285 g/mol. The van der Waals surface area contributed by atoms with Crippen molar-refractivity contribution in [2.45, 2.75) is 38.1 Å². The molecule has 4 nitrogen and oxygen atoms in total. The molecule has 1 amide bonds. The summed E-state index contributed by atoms with van der Waals surface area (Å²) in [7, 11) is 0. The number of aromatic nitrogens is 1. The molecule has 1 aliphatic rings. The van der Waals surface area contributed by atoms with E-state index in [0.717, 1.165) is 18.6 Å². The van der Waals surface area contributed by atoms with Crippen LogP contribution in [0, 0.1) is 0 Å². The SMILES string of the molecule is CSCC[C@@H](N)C(=O)Nc1nc2c(s1)CCCC2. The molecule has 0 spiro atoms. The Hall–Kier alpha value is -0.590. The van der Waals surface area contributed by atoms with Crippen molar-refractivity contribution in [3.05, 3.63) is 10.6 Å². The summed E-state index contributed by atoms with van der Waals surface area (Å²) in [5.74, 6) is 0.790. The number of carbonyl (C=O) groups excluding carboxylic acids is 1. The van der Waals surface area contributed by atoms with Gasteiger partial charge in [-0.05, 0) is 44.1 Å². The molecule has 1 atom stereocenters. The summed E-state index contributed by atoms with van der Waals surface area (Å²) in [6.07, 6.45) is 7.30. The van der Waals surface area contributed by atoms with Crippen molar-refractivity contribution < 1.29 is 4.79 Å². The van der Waals surface area contributed by atoms with Crippen molar-refractivity contribution in [2.75, 3.05) is 17.3 Å². The van der Waals surface area contributed by atoms with Gasteiger partial charge in [-0.3, -0.25) is 4.79 Å². The zero-order valence-electron chi connectivity index (χ0n) is 10.6. The molecule has 6 heteroatoms. The highest BCUT2D eigenvalue weighted by Crippen LogP contribution is 2.29. The number of thiazole rings is 1. The minimum absolute atomic E-state index is 0.116. The Bertz CT molecular complexity index is 396. The van der Waals surface area contributed by atoms with E-state index in [1.54, 1.807) is 23.1 Å². The topological polar surface area (TPSA) is 68.0 Å². The summed E-state index contributed by atoms with van der Waals surface area (Å²) >= 11 is 3.30. The molecule has 0 saturated heterocycles. The predicted octanol–water partition coefficient (Wildman–Crippen LogP) is 2.04. The van der Waals surface area contributed by atoms with Crippen molar-refractivity contribution in [1.82, 2.24) is 4.98 Å². The molecule has 1 aromatic rings. The number of hydrogen-bond donors (Lipinski definition) is 2. The van der Waals surface area contributed by atoms with Gasteiger partial charge in [0.1, 0.15) is 0 Å². The highest BCUT2D eigenvalue weighted by Gasteiger charge is 2.18. The van der Waals surface area contributed by atoms with E-state index in [1.807, 2.05) is 6.26 Å². The highest BCUT2D eigenvalue weighted by atomic mass is 32.2. The van der Waals surface area contributed by atoms with Gasteiger partial charge in [-0.1, -0.05) is 0 Å². The maximum absolute atomic E-state index is 11.9. The van der Waals surface area contributed by atoms with E-state index in [-0.39, 0.29) is 5.91 Å². The average Bonchev–Trinajstić information content (AvgIpc) is 2.77. The van der Waals surface area contributed by atoms with Gasteiger partial charge in [0.2, 0.25) is 5.91 Å². The van der Waals surface area contributed by atoms with Crippen LogP contribution in [0.1, 0.15) is 29.8 Å². The van der Waals surface area contributed by atoms with Crippen LogP contribution in [-0.4, -0.2) is 28.9 Å². The third-order valence-electron chi connectivity index (χ3n) is 3.05. The van der Waals surface area contributed by atoms with E-state index >= 15 is 0 Å². The lowest BCUT2D eigenvalue weighted by Gasteiger charge is -2.09. The number of hydrogen-bond acceptors (Lipinski definition) is 5. The first-order chi connectivity index (χ1) is 8.70. The van der Waals surface area contributed by atoms with Crippen LogP contribution in [0.4, 0.5) is 5.13 Å². The van der Waals surface area contributed by atoms with Crippen LogP contribution in [0.2, 0.25) is 0 Å². The van der Waals surface area contributed by atoms with Crippen LogP contribution in [-0.2, 0) is 17.6 Å². The number of amides is 1. The second-order valence-electron chi connectivity index (χ2n) is 4.47. The van der Waals surface area contributed by atoms with Gasteiger partial charge in [-0.25, -0.2) is 4.98 Å². The molecular formula is C12H19N3OS2. The van der Waals surface area contributed by atoms with Gasteiger partial charge in [0.05, 0.1) is 11.7 Å². The molecule has 0 aliphatic heterocycles. The lowest BCUT2D eigenvalue weighted by atomic mass is 10.0. The van der Waals surface area contributed by atoms with Crippen molar-refractivity contribution in [1.29, 1.82) is 0 Å². The number of thioether (sulfide) groups is 1. The molecule has 0 fully saturated rings. The molecule has 1 aromatic heterocycles. The third-order valence-corrected chi connectivity index (χ3v) is 4.76. The summed E-state index contributed by atoms with van der Waals surface area (Å²) in [6.45, 7) is 0. The van der Waals surface area contributed by atoms with E-state index in [1.165, 1.54) is 23.4 Å². The van der Waals surface area contributed by atoms with Crippen LogP contribution in [0.5, 0.6) is 0 Å². The molecule has 0 unspecified atom stereocenters. The van der Waals surface area contributed by atoms with Crippen molar-refractivity contribution in [3.8, 4) is 0 Å². The number of anilines is 1. The number of fused-ring (bicyclic) bond motifs is 1. The van der Waals surface area contributed by atoms with E-state index in [2.05, 4.69) is 10.3 Å². The molecule has 0 saturated carbocycles. The van der Waals surface area contributed by atoms with Crippen LogP contribution in [0.15, 0.2) is 0 Å². The fourth-order valence-corrected chi connectivity index (χ4v) is 3.52. The van der Waals surface area contributed by atoms with E-state index < -0.39 is 6.04 Å². The Kier molecular flexibility index (Phi) is 5.03. The predicted molar refractivity (Wildman–Crippen MR) is 78.4 cm³/mol. The number of nitrogens with zero attached hydrogens (tertiary/aromatic N) is 1. The lowest BCUT2D eigenvalue weighted by molar-refractivity contribution is -0.117. The van der Waals surface area contributed by atoms with Gasteiger partial charge < -0.3 is 11.1 Å². The molecule has 0 radical (unpaired) electrons. The summed E-state index contributed by atoms with van der Waals surface area (Å²) in [4.78, 5) is 17.7. The monoisotopic (exact) mass is 285 g/mol. The normalized spacial score (nSPS) is 16.1. The standard InChI is InChI=1S/C12H19N3OS2/c1-17-7-6-8(13)11(16)15-12-14-9-4-2-3-5-10(9)18-12/h8H,2-7,13H2,1H3,(H,14,15,16)/t8-/m1/s1. The molecule has 0 bridgehead atoms. The van der Waals surface area contributed by atoms with Crippen molar-refractivity contribution >= 4 is 34.1 Å². The van der Waals surface area contributed by atoms with Crippen molar-refractivity contribution in [2.24, 2.45) is 5.73 Å². The maximum atomic E-state index is 11.9.